The quantitative estimate of drug-likeness (QED) is 0.696. The smallest absolute Gasteiger partial charge is 0.184 e. The van der Waals surface area contributed by atoms with Gasteiger partial charge in [-0.2, -0.15) is 0 Å². The van der Waals surface area contributed by atoms with E-state index in [1.54, 1.807) is 54.6 Å². The number of benzene rings is 2. The van der Waals surface area contributed by atoms with Crippen LogP contribution in [-0.2, 0) is 9.84 Å². The van der Waals surface area contributed by atoms with Gasteiger partial charge < -0.3 is 5.11 Å². The molecule has 2 unspecified atom stereocenters. The fourth-order valence-corrected chi connectivity index (χ4v) is 4.62. The molecule has 3 nitrogen and oxygen atoms in total. The summed E-state index contributed by atoms with van der Waals surface area (Å²) in [7, 11) is -3.70. The molecule has 0 heterocycles. The van der Waals surface area contributed by atoms with E-state index in [2.05, 4.69) is 6.92 Å². The maximum atomic E-state index is 13.0. The lowest BCUT2D eigenvalue weighted by Gasteiger charge is -2.32. The summed E-state index contributed by atoms with van der Waals surface area (Å²) < 4.78 is 26.0. The van der Waals surface area contributed by atoms with Crippen molar-refractivity contribution in [1.29, 1.82) is 0 Å². The van der Waals surface area contributed by atoms with E-state index in [0.717, 1.165) is 19.3 Å². The summed E-state index contributed by atoms with van der Waals surface area (Å²) in [6.07, 6.45) is 1.94. The van der Waals surface area contributed by atoms with Gasteiger partial charge >= 0.3 is 0 Å². The van der Waals surface area contributed by atoms with E-state index in [1.165, 1.54) is 0 Å². The minimum atomic E-state index is -3.70. The van der Waals surface area contributed by atoms with Gasteiger partial charge in [-0.05, 0) is 17.7 Å². The summed E-state index contributed by atoms with van der Waals surface area (Å²) in [5.74, 6) is 0. The summed E-state index contributed by atoms with van der Waals surface area (Å²) >= 11 is 0. The van der Waals surface area contributed by atoms with E-state index in [9.17, 15) is 13.5 Å². The number of hydrogen-bond acceptors (Lipinski definition) is 3. The van der Waals surface area contributed by atoms with Crippen molar-refractivity contribution >= 4 is 9.84 Å². The van der Waals surface area contributed by atoms with Crippen molar-refractivity contribution in [1.82, 2.24) is 0 Å². The Morgan fingerprint density at radius 1 is 0.913 bits per heavy atom. The molecule has 0 spiro atoms. The van der Waals surface area contributed by atoms with Gasteiger partial charge in [0.05, 0.1) is 10.1 Å². The lowest BCUT2D eigenvalue weighted by molar-refractivity contribution is -0.422. The molecule has 0 aliphatic rings. The van der Waals surface area contributed by atoms with Gasteiger partial charge in [-0.3, -0.25) is 0 Å². The molecular weight excluding hydrogens is 308 g/mol. The average Bonchev–Trinajstić information content (AvgIpc) is 2.57. The molecule has 124 valence electrons. The third-order valence-corrected chi connectivity index (χ3v) is 6.14. The van der Waals surface area contributed by atoms with Crippen LogP contribution < -0.4 is 5.11 Å². The third-order valence-electron chi connectivity index (χ3n) is 3.96. The predicted octanol–water partition coefficient (Wildman–Crippen LogP) is 3.51. The Labute approximate surface area is 138 Å². The van der Waals surface area contributed by atoms with Crippen LogP contribution in [0.2, 0.25) is 0 Å². The van der Waals surface area contributed by atoms with Crippen LogP contribution in [0, 0.1) is 0 Å². The molecule has 23 heavy (non-hydrogen) atoms. The van der Waals surface area contributed by atoms with E-state index in [4.69, 9.17) is 0 Å². The van der Waals surface area contributed by atoms with Crippen molar-refractivity contribution in [2.45, 2.75) is 48.9 Å². The standard InChI is InChI=1S/C19H23O3S/c1-2-3-6-15-18(20)19(16-11-7-4-8-12-16)23(21,22)17-13-9-5-10-14-17/h4-5,7-14,18-19H,2-3,6,15H2,1H3/q-1. The van der Waals surface area contributed by atoms with Crippen LogP contribution in [0.3, 0.4) is 0 Å². The summed E-state index contributed by atoms with van der Waals surface area (Å²) in [5, 5.41) is 11.7. The number of rotatable bonds is 8. The fraction of sp³-hybridized carbons (Fsp3) is 0.368. The normalized spacial score (nSPS) is 14.3. The van der Waals surface area contributed by atoms with Crippen LogP contribution in [-0.4, -0.2) is 14.5 Å². The Hall–Kier alpha value is -1.65. The Morgan fingerprint density at radius 2 is 1.48 bits per heavy atom. The van der Waals surface area contributed by atoms with Gasteiger partial charge in [-0.1, -0.05) is 81.1 Å². The Balaban J connectivity index is 2.38. The summed E-state index contributed by atoms with van der Waals surface area (Å²) in [6.45, 7) is 2.06. The van der Waals surface area contributed by atoms with Crippen molar-refractivity contribution in [3.63, 3.8) is 0 Å². The first-order valence-corrected chi connectivity index (χ1v) is 9.61. The van der Waals surface area contributed by atoms with Crippen LogP contribution in [0.5, 0.6) is 0 Å². The van der Waals surface area contributed by atoms with Gasteiger partial charge in [-0.25, -0.2) is 8.42 Å². The van der Waals surface area contributed by atoms with Crippen molar-refractivity contribution in [2.24, 2.45) is 0 Å². The molecule has 2 atom stereocenters. The highest BCUT2D eigenvalue weighted by molar-refractivity contribution is 7.91. The summed E-state index contributed by atoms with van der Waals surface area (Å²) in [5.41, 5.74) is 0.577. The van der Waals surface area contributed by atoms with Crippen molar-refractivity contribution in [3.05, 3.63) is 66.2 Å². The van der Waals surface area contributed by atoms with E-state index < -0.39 is 21.2 Å². The fourth-order valence-electron chi connectivity index (χ4n) is 2.74. The highest BCUT2D eigenvalue weighted by Gasteiger charge is 2.30. The highest BCUT2D eigenvalue weighted by Crippen LogP contribution is 2.32. The van der Waals surface area contributed by atoms with Crippen molar-refractivity contribution < 1.29 is 13.5 Å². The molecule has 0 aliphatic carbocycles. The number of hydrogen-bond donors (Lipinski definition) is 0. The maximum Gasteiger partial charge on any atom is 0.184 e. The largest absolute Gasteiger partial charge is 0.851 e. The van der Waals surface area contributed by atoms with Gasteiger partial charge in [0.15, 0.2) is 9.84 Å². The first kappa shape index (κ1) is 17.7. The number of unbranched alkanes of at least 4 members (excludes halogenated alkanes) is 2. The lowest BCUT2D eigenvalue weighted by Crippen LogP contribution is -2.37. The molecule has 2 aromatic carbocycles. The molecule has 0 saturated heterocycles. The van der Waals surface area contributed by atoms with Crippen molar-refractivity contribution in [2.75, 3.05) is 0 Å². The zero-order chi connectivity index (χ0) is 16.7. The van der Waals surface area contributed by atoms with Gasteiger partial charge in [0.2, 0.25) is 0 Å². The number of sulfone groups is 1. The molecular formula is C19H23O3S-. The second-order valence-corrected chi connectivity index (χ2v) is 7.79. The SMILES string of the molecule is CCCCCC([O-])C(c1ccccc1)S(=O)(=O)c1ccccc1. The Kier molecular flexibility index (Phi) is 6.37. The molecule has 4 heteroatoms. The zero-order valence-electron chi connectivity index (χ0n) is 13.4. The molecule has 0 aromatic heterocycles. The van der Waals surface area contributed by atoms with Crippen LogP contribution in [0.25, 0.3) is 0 Å². The van der Waals surface area contributed by atoms with Crippen LogP contribution in [0.1, 0.15) is 43.4 Å². The molecule has 2 rings (SSSR count). The summed E-state index contributed by atoms with van der Waals surface area (Å²) in [6, 6.07) is 17.1. The van der Waals surface area contributed by atoms with Crippen LogP contribution in [0.4, 0.5) is 0 Å². The molecule has 0 N–H and O–H groups in total. The third kappa shape index (κ3) is 4.43. The second-order valence-electron chi connectivity index (χ2n) is 5.72. The minimum Gasteiger partial charge on any atom is -0.851 e. The minimum absolute atomic E-state index is 0.213. The van der Waals surface area contributed by atoms with E-state index in [-0.39, 0.29) is 4.90 Å². The Morgan fingerprint density at radius 3 is 2.04 bits per heavy atom. The van der Waals surface area contributed by atoms with E-state index in [0.29, 0.717) is 12.0 Å². The topological polar surface area (TPSA) is 57.2 Å². The predicted molar refractivity (Wildman–Crippen MR) is 90.7 cm³/mol. The molecule has 0 fully saturated rings. The monoisotopic (exact) mass is 331 g/mol. The van der Waals surface area contributed by atoms with Crippen LogP contribution in [0.15, 0.2) is 65.6 Å². The van der Waals surface area contributed by atoms with Gasteiger partial charge in [0.1, 0.15) is 0 Å². The Bertz CT molecular complexity index is 681. The van der Waals surface area contributed by atoms with Gasteiger partial charge in [0, 0.05) is 0 Å². The molecule has 0 saturated carbocycles. The molecule has 0 bridgehead atoms. The second kappa shape index (κ2) is 8.27. The maximum absolute atomic E-state index is 13.0. The molecule has 0 aliphatic heterocycles. The first-order valence-electron chi connectivity index (χ1n) is 8.07. The first-order chi connectivity index (χ1) is 11.1. The molecule has 0 amide bonds. The molecule has 0 radical (unpaired) electrons. The summed E-state index contributed by atoms with van der Waals surface area (Å²) in [4.78, 5) is 0.213. The average molecular weight is 331 g/mol. The van der Waals surface area contributed by atoms with E-state index >= 15 is 0 Å². The van der Waals surface area contributed by atoms with Crippen molar-refractivity contribution in [3.8, 4) is 0 Å². The lowest BCUT2D eigenvalue weighted by atomic mass is 10.0. The van der Waals surface area contributed by atoms with Gasteiger partial charge in [0.25, 0.3) is 0 Å². The van der Waals surface area contributed by atoms with Gasteiger partial charge in [-0.15, -0.1) is 6.10 Å². The molecule has 2 aromatic rings. The highest BCUT2D eigenvalue weighted by atomic mass is 32.2. The van der Waals surface area contributed by atoms with Crippen LogP contribution >= 0.6 is 0 Å². The van der Waals surface area contributed by atoms with E-state index in [1.807, 2.05) is 6.07 Å². The zero-order valence-corrected chi connectivity index (χ0v) is 14.2.